The topological polar surface area (TPSA) is 96.3 Å². The maximum Gasteiger partial charge on any atom is 0.219 e. The summed E-state index contributed by atoms with van der Waals surface area (Å²) in [7, 11) is 0. The Balaban J connectivity index is 0.000000201. The number of nitrogen functional groups attached to an aromatic ring is 2. The second kappa shape index (κ2) is 11.1. The highest BCUT2D eigenvalue weighted by Crippen LogP contribution is 2.27. The van der Waals surface area contributed by atoms with Gasteiger partial charge < -0.3 is 20.9 Å². The number of aromatic nitrogens is 2. The number of hydrogen-bond acceptors (Lipinski definition) is 6. The van der Waals surface area contributed by atoms with Crippen LogP contribution in [0.25, 0.3) is 0 Å². The van der Waals surface area contributed by atoms with E-state index in [2.05, 4.69) is 75.8 Å². The van der Waals surface area contributed by atoms with Crippen LogP contribution in [0, 0.1) is 0 Å². The third-order valence-electron chi connectivity index (χ3n) is 5.40. The average molecular weight is 485 g/mol. The Kier molecular flexibility index (Phi) is 8.20. The molecule has 0 radical (unpaired) electrons. The van der Waals surface area contributed by atoms with Crippen molar-refractivity contribution in [3.05, 3.63) is 96.3 Å². The molecule has 0 amide bonds. The van der Waals surface area contributed by atoms with Crippen LogP contribution < -0.4 is 20.9 Å². The quantitative estimate of drug-likeness (QED) is 0.311. The zero-order valence-electron chi connectivity index (χ0n) is 21.9. The van der Waals surface area contributed by atoms with Crippen molar-refractivity contribution in [3.8, 4) is 23.3 Å². The fraction of sp³-hybridized carbons (Fsp3) is 0.267. The van der Waals surface area contributed by atoms with Crippen LogP contribution in [0.5, 0.6) is 23.3 Å². The predicted molar refractivity (Wildman–Crippen MR) is 148 cm³/mol. The molecule has 0 saturated heterocycles. The van der Waals surface area contributed by atoms with Crippen LogP contribution in [0.3, 0.4) is 0 Å². The Morgan fingerprint density at radius 1 is 0.500 bits per heavy atom. The monoisotopic (exact) mass is 484 g/mol. The van der Waals surface area contributed by atoms with Crippen molar-refractivity contribution in [2.24, 2.45) is 0 Å². The summed E-state index contributed by atoms with van der Waals surface area (Å²) >= 11 is 0. The molecule has 6 nitrogen and oxygen atoms in total. The van der Waals surface area contributed by atoms with Gasteiger partial charge in [0.05, 0.1) is 23.8 Å². The second-order valence-electron chi connectivity index (χ2n) is 10.6. The molecule has 4 N–H and O–H groups in total. The lowest BCUT2D eigenvalue weighted by molar-refractivity contribution is 0.462. The van der Waals surface area contributed by atoms with Crippen molar-refractivity contribution in [1.82, 2.24) is 9.97 Å². The largest absolute Gasteiger partial charge is 0.439 e. The minimum Gasteiger partial charge on any atom is -0.439 e. The van der Waals surface area contributed by atoms with Gasteiger partial charge in [0.25, 0.3) is 0 Å². The minimum absolute atomic E-state index is 0.151. The van der Waals surface area contributed by atoms with Crippen LogP contribution >= 0.6 is 0 Å². The van der Waals surface area contributed by atoms with Crippen LogP contribution in [0.4, 0.5) is 11.4 Å². The molecule has 0 unspecified atom stereocenters. The molecule has 2 aromatic heterocycles. The molecule has 36 heavy (non-hydrogen) atoms. The first-order valence-electron chi connectivity index (χ1n) is 11.9. The van der Waals surface area contributed by atoms with Crippen LogP contribution in [0.15, 0.2) is 85.2 Å². The lowest BCUT2D eigenvalue weighted by Gasteiger charge is -2.19. The SMILES string of the molecule is CC(C)(C)c1ccc(Oc2ccc(N)cn2)cc1.CC(C)(C)c1ccc(Oc2ccc(N)cn2)cc1. The molecule has 2 heterocycles. The van der Waals surface area contributed by atoms with E-state index < -0.39 is 0 Å². The number of hydrogen-bond donors (Lipinski definition) is 2. The maximum absolute atomic E-state index is 5.63. The highest BCUT2D eigenvalue weighted by molar-refractivity contribution is 5.39. The number of pyridine rings is 2. The van der Waals surface area contributed by atoms with Gasteiger partial charge in [-0.2, -0.15) is 0 Å². The molecule has 2 aromatic carbocycles. The Bertz CT molecular complexity index is 1120. The van der Waals surface area contributed by atoms with E-state index in [0.717, 1.165) is 11.5 Å². The highest BCUT2D eigenvalue weighted by Gasteiger charge is 2.14. The molecule has 0 saturated carbocycles. The number of nitrogens with two attached hydrogens (primary N) is 2. The minimum atomic E-state index is 0.151. The standard InChI is InChI=1S/2C15H18N2O/c2*1-15(2,3)11-4-7-13(8-5-11)18-14-9-6-12(16)10-17-14/h2*4-10H,16H2,1-3H3. The lowest BCUT2D eigenvalue weighted by Crippen LogP contribution is -2.10. The number of benzene rings is 2. The first-order chi connectivity index (χ1) is 16.9. The smallest absolute Gasteiger partial charge is 0.219 e. The molecule has 6 heteroatoms. The van der Waals surface area contributed by atoms with Gasteiger partial charge in [-0.15, -0.1) is 0 Å². The summed E-state index contributed by atoms with van der Waals surface area (Å²) in [5.41, 5.74) is 15.3. The number of rotatable bonds is 4. The van der Waals surface area contributed by atoms with Crippen molar-refractivity contribution in [2.45, 2.75) is 52.4 Å². The van der Waals surface area contributed by atoms with E-state index >= 15 is 0 Å². The van der Waals surface area contributed by atoms with Gasteiger partial charge in [-0.25, -0.2) is 9.97 Å². The summed E-state index contributed by atoms with van der Waals surface area (Å²) < 4.78 is 11.3. The fourth-order valence-electron chi connectivity index (χ4n) is 3.19. The average Bonchev–Trinajstić information content (AvgIpc) is 2.82. The Hall–Kier alpha value is -4.06. The molecular weight excluding hydrogens is 448 g/mol. The number of ether oxygens (including phenoxy) is 2. The van der Waals surface area contributed by atoms with Gasteiger partial charge in [0, 0.05) is 12.1 Å². The van der Waals surface area contributed by atoms with E-state index in [1.165, 1.54) is 11.1 Å². The van der Waals surface area contributed by atoms with Crippen molar-refractivity contribution < 1.29 is 9.47 Å². The van der Waals surface area contributed by atoms with Crippen molar-refractivity contribution in [2.75, 3.05) is 11.5 Å². The summed E-state index contributed by atoms with van der Waals surface area (Å²) in [5.74, 6) is 2.65. The molecule has 0 spiro atoms. The summed E-state index contributed by atoms with van der Waals surface area (Å²) in [6.07, 6.45) is 3.16. The molecule has 0 bridgehead atoms. The van der Waals surface area contributed by atoms with Crippen LogP contribution in [-0.4, -0.2) is 9.97 Å². The van der Waals surface area contributed by atoms with E-state index in [1.807, 2.05) is 24.3 Å². The molecule has 0 fully saturated rings. The summed E-state index contributed by atoms with van der Waals surface area (Å²) in [4.78, 5) is 8.20. The summed E-state index contributed by atoms with van der Waals surface area (Å²) in [5, 5.41) is 0. The molecule has 0 aliphatic rings. The number of nitrogens with zero attached hydrogens (tertiary/aromatic N) is 2. The van der Waals surface area contributed by atoms with E-state index in [9.17, 15) is 0 Å². The zero-order valence-corrected chi connectivity index (χ0v) is 21.9. The molecule has 4 aromatic rings. The van der Waals surface area contributed by atoms with E-state index in [0.29, 0.717) is 23.1 Å². The van der Waals surface area contributed by atoms with Gasteiger partial charge in [-0.05, 0) is 58.4 Å². The number of anilines is 2. The molecule has 0 atom stereocenters. The van der Waals surface area contributed by atoms with Crippen molar-refractivity contribution in [3.63, 3.8) is 0 Å². The van der Waals surface area contributed by atoms with Gasteiger partial charge in [0.15, 0.2) is 0 Å². The maximum atomic E-state index is 5.63. The Labute approximate surface area is 214 Å². The first kappa shape index (κ1) is 26.5. The lowest BCUT2D eigenvalue weighted by atomic mass is 9.87. The molecule has 0 aliphatic carbocycles. The highest BCUT2D eigenvalue weighted by atomic mass is 16.5. The van der Waals surface area contributed by atoms with Gasteiger partial charge >= 0.3 is 0 Å². The van der Waals surface area contributed by atoms with E-state index in [4.69, 9.17) is 20.9 Å². The van der Waals surface area contributed by atoms with E-state index in [1.54, 1.807) is 36.7 Å². The van der Waals surface area contributed by atoms with Crippen LogP contribution in [0.1, 0.15) is 52.7 Å². The molecular formula is C30H36N4O2. The third kappa shape index (κ3) is 8.01. The Morgan fingerprint density at radius 3 is 1.08 bits per heavy atom. The molecule has 188 valence electrons. The fourth-order valence-corrected chi connectivity index (χ4v) is 3.19. The van der Waals surface area contributed by atoms with E-state index in [-0.39, 0.29) is 10.8 Å². The summed E-state index contributed by atoms with van der Waals surface area (Å²) in [6, 6.07) is 23.2. The second-order valence-corrected chi connectivity index (χ2v) is 10.6. The van der Waals surface area contributed by atoms with Crippen LogP contribution in [-0.2, 0) is 10.8 Å². The van der Waals surface area contributed by atoms with Gasteiger partial charge in [0.1, 0.15) is 11.5 Å². The van der Waals surface area contributed by atoms with Gasteiger partial charge in [-0.3, -0.25) is 0 Å². The normalized spacial score (nSPS) is 11.3. The van der Waals surface area contributed by atoms with Crippen LogP contribution in [0.2, 0.25) is 0 Å². The third-order valence-corrected chi connectivity index (χ3v) is 5.40. The molecule has 0 aliphatic heterocycles. The first-order valence-corrected chi connectivity index (χ1v) is 11.9. The predicted octanol–water partition coefficient (Wildman–Crippen LogP) is 7.51. The summed E-state index contributed by atoms with van der Waals surface area (Å²) in [6.45, 7) is 13.1. The van der Waals surface area contributed by atoms with Gasteiger partial charge in [-0.1, -0.05) is 65.8 Å². The van der Waals surface area contributed by atoms with Crippen molar-refractivity contribution in [1.29, 1.82) is 0 Å². The molecule has 4 rings (SSSR count). The zero-order chi connectivity index (χ0) is 26.3. The van der Waals surface area contributed by atoms with Gasteiger partial charge in [0.2, 0.25) is 11.8 Å². The Morgan fingerprint density at radius 2 is 0.833 bits per heavy atom. The van der Waals surface area contributed by atoms with Crippen molar-refractivity contribution >= 4 is 11.4 Å².